The number of esters is 1. The lowest BCUT2D eigenvalue weighted by molar-refractivity contribution is -0.162. The first-order chi connectivity index (χ1) is 7.17. The fourth-order valence-corrected chi connectivity index (χ4v) is 1.73. The van der Waals surface area contributed by atoms with Gasteiger partial charge in [-0.25, -0.2) is 4.79 Å². The van der Waals surface area contributed by atoms with Crippen molar-refractivity contribution in [3.8, 4) is 0 Å². The van der Waals surface area contributed by atoms with Crippen LogP contribution in [0.5, 0.6) is 0 Å². The Kier molecular flexibility index (Phi) is 3.33. The molecular formula is C12H21NO3. The summed E-state index contributed by atoms with van der Waals surface area (Å²) in [4.78, 5) is 13.8. The molecule has 0 aromatic carbocycles. The van der Waals surface area contributed by atoms with Crippen LogP contribution in [0.2, 0.25) is 0 Å². The van der Waals surface area contributed by atoms with E-state index in [1.54, 1.807) is 11.1 Å². The Hall–Kier alpha value is -1.03. The molecule has 92 valence electrons. The molecule has 0 radical (unpaired) electrons. The van der Waals surface area contributed by atoms with Crippen LogP contribution < -0.4 is 0 Å². The first-order valence-corrected chi connectivity index (χ1v) is 5.42. The van der Waals surface area contributed by atoms with Crippen molar-refractivity contribution in [2.75, 3.05) is 6.73 Å². The van der Waals surface area contributed by atoms with Gasteiger partial charge in [0.1, 0.15) is 12.3 Å². The van der Waals surface area contributed by atoms with Gasteiger partial charge in [-0.1, -0.05) is 6.58 Å². The molecule has 1 saturated heterocycles. The molecule has 0 aromatic heterocycles. The molecule has 1 heterocycles. The Balaban J connectivity index is 2.83. The maximum atomic E-state index is 12.1. The van der Waals surface area contributed by atoms with Crippen molar-refractivity contribution in [3.05, 3.63) is 12.8 Å². The highest BCUT2D eigenvalue weighted by atomic mass is 16.6. The summed E-state index contributed by atoms with van der Waals surface area (Å²) in [5, 5.41) is 0. The van der Waals surface area contributed by atoms with Crippen LogP contribution in [-0.2, 0) is 14.3 Å². The first kappa shape index (κ1) is 13.0. The van der Waals surface area contributed by atoms with Crippen molar-refractivity contribution in [1.82, 2.24) is 4.90 Å². The van der Waals surface area contributed by atoms with Gasteiger partial charge in [0.25, 0.3) is 0 Å². The van der Waals surface area contributed by atoms with Crippen LogP contribution in [0.15, 0.2) is 12.8 Å². The Morgan fingerprint density at radius 2 is 2.12 bits per heavy atom. The molecule has 0 saturated carbocycles. The molecule has 0 bridgehead atoms. The van der Waals surface area contributed by atoms with Gasteiger partial charge in [-0.3, -0.25) is 0 Å². The fraction of sp³-hybridized carbons (Fsp3) is 0.750. The lowest BCUT2D eigenvalue weighted by Crippen LogP contribution is -2.48. The normalized spacial score (nSPS) is 24.3. The minimum Gasteiger partial charge on any atom is -0.458 e. The first-order valence-electron chi connectivity index (χ1n) is 5.42. The second kappa shape index (κ2) is 4.09. The second-order valence-electron chi connectivity index (χ2n) is 5.51. The van der Waals surface area contributed by atoms with E-state index in [1.807, 2.05) is 34.6 Å². The van der Waals surface area contributed by atoms with Crippen molar-refractivity contribution in [3.63, 3.8) is 0 Å². The highest BCUT2D eigenvalue weighted by Gasteiger charge is 2.47. The monoisotopic (exact) mass is 227 g/mol. The third kappa shape index (κ3) is 2.76. The Bertz CT molecular complexity index is 291. The summed E-state index contributed by atoms with van der Waals surface area (Å²) in [5.74, 6) is -0.269. The fourth-order valence-electron chi connectivity index (χ4n) is 1.73. The van der Waals surface area contributed by atoms with Crippen molar-refractivity contribution < 1.29 is 14.3 Å². The SMILES string of the molecule is C=CN1COC(C)(C)C1C(=O)OC(C)(C)C. The van der Waals surface area contributed by atoms with Crippen molar-refractivity contribution >= 4 is 5.97 Å². The Morgan fingerprint density at radius 3 is 2.56 bits per heavy atom. The number of hydrogen-bond acceptors (Lipinski definition) is 4. The predicted octanol–water partition coefficient (Wildman–Crippen LogP) is 1.91. The van der Waals surface area contributed by atoms with Gasteiger partial charge in [0, 0.05) is 0 Å². The van der Waals surface area contributed by atoms with Crippen LogP contribution in [0.25, 0.3) is 0 Å². The molecule has 0 N–H and O–H groups in total. The van der Waals surface area contributed by atoms with E-state index in [1.165, 1.54) is 0 Å². The molecule has 0 aromatic rings. The number of ether oxygens (including phenoxy) is 2. The van der Waals surface area contributed by atoms with Crippen molar-refractivity contribution in [2.24, 2.45) is 0 Å². The average Bonchev–Trinajstić information content (AvgIpc) is 2.37. The zero-order valence-electron chi connectivity index (χ0n) is 10.7. The summed E-state index contributed by atoms with van der Waals surface area (Å²) < 4.78 is 10.9. The van der Waals surface area contributed by atoms with Gasteiger partial charge in [0.2, 0.25) is 0 Å². The minimum absolute atomic E-state index is 0.269. The number of nitrogens with zero attached hydrogens (tertiary/aromatic N) is 1. The zero-order valence-corrected chi connectivity index (χ0v) is 10.7. The molecule has 1 fully saturated rings. The lowest BCUT2D eigenvalue weighted by atomic mass is 9.99. The molecule has 1 aliphatic rings. The third-order valence-corrected chi connectivity index (χ3v) is 2.44. The van der Waals surface area contributed by atoms with E-state index in [0.29, 0.717) is 6.73 Å². The second-order valence-corrected chi connectivity index (χ2v) is 5.51. The van der Waals surface area contributed by atoms with Crippen molar-refractivity contribution in [2.45, 2.75) is 51.9 Å². The van der Waals surface area contributed by atoms with Crippen LogP contribution in [-0.4, -0.2) is 34.8 Å². The Morgan fingerprint density at radius 1 is 1.56 bits per heavy atom. The summed E-state index contributed by atoms with van der Waals surface area (Å²) in [6, 6.07) is -0.427. The summed E-state index contributed by atoms with van der Waals surface area (Å²) in [5.41, 5.74) is -1.03. The van der Waals surface area contributed by atoms with Gasteiger partial charge < -0.3 is 14.4 Å². The van der Waals surface area contributed by atoms with E-state index in [2.05, 4.69) is 6.58 Å². The largest absolute Gasteiger partial charge is 0.458 e. The quantitative estimate of drug-likeness (QED) is 0.675. The zero-order chi connectivity index (χ0) is 12.6. The molecule has 1 atom stereocenters. The minimum atomic E-state index is -0.545. The molecule has 0 amide bonds. The molecule has 16 heavy (non-hydrogen) atoms. The standard InChI is InChI=1S/C12H21NO3/c1-7-13-8-15-12(5,6)9(13)10(14)16-11(2,3)4/h7,9H,1,8H2,2-6H3. The van der Waals surface area contributed by atoms with Crippen molar-refractivity contribution in [1.29, 1.82) is 0 Å². The highest BCUT2D eigenvalue weighted by Crippen LogP contribution is 2.29. The van der Waals surface area contributed by atoms with E-state index in [9.17, 15) is 4.79 Å². The summed E-state index contributed by atoms with van der Waals surface area (Å²) >= 11 is 0. The molecular weight excluding hydrogens is 206 g/mol. The molecule has 1 aliphatic heterocycles. The molecule has 0 aliphatic carbocycles. The molecule has 1 rings (SSSR count). The summed E-state index contributed by atoms with van der Waals surface area (Å²) in [7, 11) is 0. The Labute approximate surface area is 97.2 Å². The molecule has 0 spiro atoms. The molecule has 1 unspecified atom stereocenters. The van der Waals surface area contributed by atoms with E-state index in [4.69, 9.17) is 9.47 Å². The number of rotatable bonds is 2. The maximum Gasteiger partial charge on any atom is 0.332 e. The van der Waals surface area contributed by atoms with Gasteiger partial charge in [-0.15, -0.1) is 0 Å². The van der Waals surface area contributed by atoms with Crippen LogP contribution >= 0.6 is 0 Å². The van der Waals surface area contributed by atoms with E-state index >= 15 is 0 Å². The van der Waals surface area contributed by atoms with Gasteiger partial charge in [0.15, 0.2) is 6.04 Å². The lowest BCUT2D eigenvalue weighted by Gasteiger charge is -2.30. The van der Waals surface area contributed by atoms with E-state index in [-0.39, 0.29) is 5.97 Å². The smallest absolute Gasteiger partial charge is 0.332 e. The predicted molar refractivity (Wildman–Crippen MR) is 61.7 cm³/mol. The average molecular weight is 227 g/mol. The summed E-state index contributed by atoms with van der Waals surface area (Å²) in [6.07, 6.45) is 1.61. The van der Waals surface area contributed by atoms with Crippen LogP contribution in [0.4, 0.5) is 0 Å². The maximum absolute atomic E-state index is 12.1. The van der Waals surface area contributed by atoms with Crippen LogP contribution in [0, 0.1) is 0 Å². The van der Waals surface area contributed by atoms with Gasteiger partial charge in [0.05, 0.1) is 5.60 Å². The number of carbonyl (C=O) groups is 1. The van der Waals surface area contributed by atoms with Gasteiger partial charge in [-0.05, 0) is 40.8 Å². The highest BCUT2D eigenvalue weighted by molar-refractivity contribution is 5.78. The van der Waals surface area contributed by atoms with Crippen LogP contribution in [0.1, 0.15) is 34.6 Å². The van der Waals surface area contributed by atoms with Crippen LogP contribution in [0.3, 0.4) is 0 Å². The van der Waals surface area contributed by atoms with Gasteiger partial charge in [-0.2, -0.15) is 0 Å². The third-order valence-electron chi connectivity index (χ3n) is 2.44. The van der Waals surface area contributed by atoms with E-state index < -0.39 is 17.2 Å². The summed E-state index contributed by atoms with van der Waals surface area (Å²) in [6.45, 7) is 13.4. The number of hydrogen-bond donors (Lipinski definition) is 0. The topological polar surface area (TPSA) is 38.8 Å². The number of carbonyl (C=O) groups excluding carboxylic acids is 1. The molecule has 4 heteroatoms. The van der Waals surface area contributed by atoms with E-state index in [0.717, 1.165) is 0 Å². The molecule has 4 nitrogen and oxygen atoms in total. The van der Waals surface area contributed by atoms with Gasteiger partial charge >= 0.3 is 5.97 Å².